The largest absolute Gasteiger partial charge is 0.479 e. The van der Waals surface area contributed by atoms with E-state index in [0.717, 1.165) is 29.3 Å². The van der Waals surface area contributed by atoms with Crippen LogP contribution in [-0.2, 0) is 9.59 Å². The van der Waals surface area contributed by atoms with Crippen LogP contribution in [0.1, 0.15) is 53.5 Å². The van der Waals surface area contributed by atoms with Gasteiger partial charge >= 0.3 is 0 Å². The average molecular weight is 535 g/mol. The third-order valence-corrected chi connectivity index (χ3v) is 9.90. The van der Waals surface area contributed by atoms with E-state index in [0.29, 0.717) is 54.3 Å². The lowest BCUT2D eigenvalue weighted by Crippen LogP contribution is -2.59. The molecule has 38 heavy (non-hydrogen) atoms. The van der Waals surface area contributed by atoms with Gasteiger partial charge in [-0.05, 0) is 66.6 Å². The first-order valence-corrected chi connectivity index (χ1v) is 14.2. The van der Waals surface area contributed by atoms with Crippen LogP contribution < -0.4 is 10.1 Å². The minimum atomic E-state index is -0.607. The van der Waals surface area contributed by atoms with Crippen molar-refractivity contribution >= 4 is 39.1 Å². The van der Waals surface area contributed by atoms with E-state index in [1.165, 1.54) is 18.4 Å². The number of methoxy groups -OCH3 is 1. The Morgan fingerprint density at radius 1 is 1.11 bits per heavy atom. The maximum absolute atomic E-state index is 14.0. The topological polar surface area (TPSA) is 105 Å². The number of hydrogen-bond acceptors (Lipinski definition) is 7. The van der Waals surface area contributed by atoms with E-state index in [1.54, 1.807) is 6.07 Å². The van der Waals surface area contributed by atoms with Crippen LogP contribution in [0.4, 0.5) is 0 Å². The first-order chi connectivity index (χ1) is 18.5. The molecule has 3 saturated heterocycles. The normalized spacial score (nSPS) is 28.8. The molecule has 3 aliphatic heterocycles. The first kappa shape index (κ1) is 23.7. The molecular formula is C28H30N4O5S. The number of aromatic nitrogens is 1. The number of hydrogen-bond donors (Lipinski definition) is 1. The summed E-state index contributed by atoms with van der Waals surface area (Å²) in [6.07, 6.45) is 4.20. The van der Waals surface area contributed by atoms with Crippen molar-refractivity contribution in [3.63, 3.8) is 0 Å². The quantitative estimate of drug-likeness (QED) is 0.538. The number of rotatable bonds is 5. The summed E-state index contributed by atoms with van der Waals surface area (Å²) < 4.78 is 11.5. The Balaban J connectivity index is 1.07. The molecule has 7 rings (SSSR count). The Bertz CT molecular complexity index is 1380. The number of benzene rings is 1. The molecule has 1 saturated carbocycles. The van der Waals surface area contributed by atoms with Gasteiger partial charge in [0.05, 0.1) is 17.9 Å². The molecule has 10 heteroatoms. The van der Waals surface area contributed by atoms with Gasteiger partial charge in [0, 0.05) is 29.9 Å². The number of carbonyl (C=O) groups is 3. The molecule has 198 valence electrons. The van der Waals surface area contributed by atoms with E-state index >= 15 is 0 Å². The Morgan fingerprint density at radius 2 is 1.92 bits per heavy atom. The van der Waals surface area contributed by atoms with Crippen molar-refractivity contribution in [2.45, 2.75) is 56.1 Å². The van der Waals surface area contributed by atoms with Crippen molar-refractivity contribution in [2.24, 2.45) is 11.8 Å². The summed E-state index contributed by atoms with van der Waals surface area (Å²) >= 11 is 1.44. The first-order valence-electron chi connectivity index (χ1n) is 13.4. The Hall–Kier alpha value is -3.40. The summed E-state index contributed by atoms with van der Waals surface area (Å²) in [6.45, 7) is 1.08. The maximum atomic E-state index is 14.0. The van der Waals surface area contributed by atoms with Crippen LogP contribution in [0.2, 0.25) is 0 Å². The molecular weight excluding hydrogens is 504 g/mol. The van der Waals surface area contributed by atoms with Crippen molar-refractivity contribution in [3.8, 4) is 5.88 Å². The number of thiophene rings is 1. The monoisotopic (exact) mass is 534 g/mol. The summed E-state index contributed by atoms with van der Waals surface area (Å²) in [4.78, 5) is 45.0. The molecule has 0 spiro atoms. The van der Waals surface area contributed by atoms with Crippen LogP contribution in [0.5, 0.6) is 5.88 Å². The second kappa shape index (κ2) is 9.11. The fourth-order valence-corrected chi connectivity index (χ4v) is 7.53. The van der Waals surface area contributed by atoms with Crippen LogP contribution in [0.3, 0.4) is 0 Å². The van der Waals surface area contributed by atoms with Crippen LogP contribution in [0, 0.1) is 11.8 Å². The lowest BCUT2D eigenvalue weighted by molar-refractivity contribution is -0.150. The predicted octanol–water partition coefficient (Wildman–Crippen LogP) is 3.41. The standard InChI is InChI=1S/C28H30N4O5S/c1-36-25-12-22(37-30-25)18-13-31(14-18)28(35)21-7-6-19-9-16-8-17(16)10-20(27(34)32(19)21)29-26(33)24-11-15-4-2-3-5-23(15)38-24/h2-5,11-12,16-21H,6-10,13-14H2,1H3,(H,29,33)/t16-,17+,19-,20+,21+/m1/s1. The Labute approximate surface area is 224 Å². The molecule has 9 nitrogen and oxygen atoms in total. The van der Waals surface area contributed by atoms with E-state index in [1.807, 2.05) is 40.1 Å². The lowest BCUT2D eigenvalue weighted by atomic mass is 9.95. The van der Waals surface area contributed by atoms with Crippen LogP contribution >= 0.6 is 11.3 Å². The molecule has 4 fully saturated rings. The summed E-state index contributed by atoms with van der Waals surface area (Å²) in [5, 5.41) is 7.94. The highest BCUT2D eigenvalue weighted by molar-refractivity contribution is 7.20. The van der Waals surface area contributed by atoms with E-state index in [-0.39, 0.29) is 29.7 Å². The highest BCUT2D eigenvalue weighted by Gasteiger charge is 2.52. The Kier molecular flexibility index (Phi) is 5.68. The second-order valence-corrected chi connectivity index (χ2v) is 12.2. The van der Waals surface area contributed by atoms with E-state index in [4.69, 9.17) is 9.26 Å². The van der Waals surface area contributed by atoms with Gasteiger partial charge in [-0.15, -0.1) is 11.3 Å². The van der Waals surface area contributed by atoms with E-state index < -0.39 is 12.1 Å². The molecule has 3 aromatic rings. The van der Waals surface area contributed by atoms with Crippen molar-refractivity contribution in [2.75, 3.05) is 20.2 Å². The zero-order valence-electron chi connectivity index (χ0n) is 21.2. The van der Waals surface area contributed by atoms with Gasteiger partial charge in [-0.3, -0.25) is 14.4 Å². The van der Waals surface area contributed by atoms with E-state index in [9.17, 15) is 14.4 Å². The second-order valence-electron chi connectivity index (χ2n) is 11.1. The van der Waals surface area contributed by atoms with Gasteiger partial charge in [-0.2, -0.15) is 0 Å². The van der Waals surface area contributed by atoms with Crippen LogP contribution in [-0.4, -0.2) is 71.0 Å². The van der Waals surface area contributed by atoms with Crippen molar-refractivity contribution in [1.82, 2.24) is 20.3 Å². The molecule has 5 atom stereocenters. The molecule has 1 N–H and O–H groups in total. The van der Waals surface area contributed by atoms with Crippen molar-refractivity contribution in [1.29, 1.82) is 0 Å². The van der Waals surface area contributed by atoms with Gasteiger partial charge in [-0.25, -0.2) is 0 Å². The molecule has 0 radical (unpaired) electrons. The van der Waals surface area contributed by atoms with E-state index in [2.05, 4.69) is 10.5 Å². The highest BCUT2D eigenvalue weighted by atomic mass is 32.1. The summed E-state index contributed by atoms with van der Waals surface area (Å²) in [5.74, 6) is 1.93. The van der Waals surface area contributed by atoms with Gasteiger partial charge in [0.1, 0.15) is 17.8 Å². The van der Waals surface area contributed by atoms with Crippen LogP contribution in [0.15, 0.2) is 40.9 Å². The zero-order chi connectivity index (χ0) is 26.0. The summed E-state index contributed by atoms with van der Waals surface area (Å²) in [7, 11) is 1.54. The fourth-order valence-electron chi connectivity index (χ4n) is 6.56. The van der Waals surface area contributed by atoms with Gasteiger partial charge in [0.15, 0.2) is 0 Å². The zero-order valence-corrected chi connectivity index (χ0v) is 22.0. The van der Waals surface area contributed by atoms with Gasteiger partial charge in [0.25, 0.3) is 11.8 Å². The van der Waals surface area contributed by atoms with Crippen LogP contribution in [0.25, 0.3) is 10.1 Å². The number of amides is 3. The minimum Gasteiger partial charge on any atom is -0.479 e. The number of nitrogens with zero attached hydrogens (tertiary/aromatic N) is 3. The fraction of sp³-hybridized carbons (Fsp3) is 0.500. The summed E-state index contributed by atoms with van der Waals surface area (Å²) in [5.41, 5.74) is 0. The molecule has 1 aromatic carbocycles. The highest BCUT2D eigenvalue weighted by Crippen LogP contribution is 2.49. The number of fused-ring (bicyclic) bond motifs is 3. The van der Waals surface area contributed by atoms with Gasteiger partial charge in [-0.1, -0.05) is 18.2 Å². The molecule has 0 bridgehead atoms. The molecule has 0 unspecified atom stereocenters. The average Bonchev–Trinajstić information content (AvgIpc) is 3.28. The number of ether oxygens (including phenoxy) is 1. The smallest absolute Gasteiger partial charge is 0.262 e. The number of carbonyl (C=O) groups excluding carboxylic acids is 3. The Morgan fingerprint density at radius 3 is 2.71 bits per heavy atom. The molecule has 2 aromatic heterocycles. The lowest BCUT2D eigenvalue weighted by Gasteiger charge is -2.42. The van der Waals surface area contributed by atoms with Crippen molar-refractivity contribution in [3.05, 3.63) is 47.0 Å². The van der Waals surface area contributed by atoms with Gasteiger partial charge in [0.2, 0.25) is 11.8 Å². The molecule has 4 aliphatic rings. The molecule has 5 heterocycles. The summed E-state index contributed by atoms with van der Waals surface area (Å²) in [6, 6.07) is 10.5. The van der Waals surface area contributed by atoms with Gasteiger partial charge < -0.3 is 24.4 Å². The molecule has 3 amide bonds. The third kappa shape index (κ3) is 4.05. The maximum Gasteiger partial charge on any atom is 0.262 e. The number of likely N-dealkylation sites (tertiary alicyclic amines) is 1. The SMILES string of the molecule is COc1cc(C2CN(C(=O)[C@@H]3CC[C@@H]4C[C@H]5C[C@H]5C[C@H](NC(=O)c5cc6ccccc6s5)C(=O)N43)C2)on1. The number of nitrogens with one attached hydrogen (secondary N) is 1. The third-order valence-electron chi connectivity index (χ3n) is 8.79. The molecule has 1 aliphatic carbocycles. The minimum absolute atomic E-state index is 0.00826. The predicted molar refractivity (Wildman–Crippen MR) is 140 cm³/mol. The van der Waals surface area contributed by atoms with Crippen molar-refractivity contribution < 1.29 is 23.6 Å².